The number of aryl methyl sites for hydroxylation is 1. The molecule has 2 aromatic carbocycles. The van der Waals surface area contributed by atoms with Crippen LogP contribution in [-0.2, 0) is 4.79 Å². The lowest BCUT2D eigenvalue weighted by atomic mass is 10.0. The average molecular weight is 576 g/mol. The molecular weight excluding hydrogens is 548 g/mol. The number of halogens is 1. The van der Waals surface area contributed by atoms with Gasteiger partial charge in [0.15, 0.2) is 5.11 Å². The summed E-state index contributed by atoms with van der Waals surface area (Å²) in [6.07, 6.45) is 1.78. The SMILES string of the molecule is Cc1cc(N2C(=S)N[C@@H](c3ccccn3)[C@@H]2c2ccc(-c3ccc(Br)cc3)o2)ccc1NC(=O)C(C)C. The van der Waals surface area contributed by atoms with E-state index in [0.717, 1.165) is 44.2 Å². The first kappa shape index (κ1) is 25.2. The zero-order chi connectivity index (χ0) is 26.1. The highest BCUT2D eigenvalue weighted by Crippen LogP contribution is 2.43. The van der Waals surface area contributed by atoms with Gasteiger partial charge >= 0.3 is 0 Å². The van der Waals surface area contributed by atoms with Gasteiger partial charge in [-0.15, -0.1) is 0 Å². The van der Waals surface area contributed by atoms with E-state index in [-0.39, 0.29) is 23.9 Å². The Kier molecular flexibility index (Phi) is 7.13. The van der Waals surface area contributed by atoms with Gasteiger partial charge in [0.05, 0.1) is 11.7 Å². The second-order valence-electron chi connectivity index (χ2n) is 9.35. The number of benzene rings is 2. The van der Waals surface area contributed by atoms with Crippen molar-refractivity contribution < 1.29 is 9.21 Å². The second kappa shape index (κ2) is 10.5. The zero-order valence-electron chi connectivity index (χ0n) is 20.7. The molecule has 37 heavy (non-hydrogen) atoms. The van der Waals surface area contributed by atoms with E-state index >= 15 is 0 Å². The molecule has 5 rings (SSSR count). The Morgan fingerprint density at radius 2 is 1.89 bits per heavy atom. The minimum atomic E-state index is -0.262. The number of rotatable bonds is 6. The fourth-order valence-corrected chi connectivity index (χ4v) is 5.03. The van der Waals surface area contributed by atoms with Crippen LogP contribution < -0.4 is 15.5 Å². The van der Waals surface area contributed by atoms with E-state index in [1.807, 2.05) is 93.6 Å². The summed E-state index contributed by atoms with van der Waals surface area (Å²) in [5, 5.41) is 7.05. The van der Waals surface area contributed by atoms with Crippen LogP contribution >= 0.6 is 28.1 Å². The van der Waals surface area contributed by atoms with Crippen LogP contribution in [0.2, 0.25) is 0 Å². The van der Waals surface area contributed by atoms with Crippen LogP contribution in [-0.4, -0.2) is 16.0 Å². The highest BCUT2D eigenvalue weighted by Gasteiger charge is 2.42. The van der Waals surface area contributed by atoms with Crippen LogP contribution in [0.4, 0.5) is 11.4 Å². The van der Waals surface area contributed by atoms with E-state index in [4.69, 9.17) is 16.6 Å². The van der Waals surface area contributed by atoms with Gasteiger partial charge < -0.3 is 20.0 Å². The van der Waals surface area contributed by atoms with Crippen molar-refractivity contribution in [3.05, 3.63) is 100 Å². The molecule has 1 fully saturated rings. The second-order valence-corrected chi connectivity index (χ2v) is 10.7. The summed E-state index contributed by atoms with van der Waals surface area (Å²) < 4.78 is 7.45. The van der Waals surface area contributed by atoms with Crippen molar-refractivity contribution in [1.29, 1.82) is 0 Å². The van der Waals surface area contributed by atoms with Gasteiger partial charge in [-0.2, -0.15) is 0 Å². The van der Waals surface area contributed by atoms with Crippen molar-refractivity contribution in [1.82, 2.24) is 10.3 Å². The molecule has 4 aromatic rings. The predicted molar refractivity (Wildman–Crippen MR) is 154 cm³/mol. The molecule has 2 atom stereocenters. The maximum absolute atomic E-state index is 12.3. The summed E-state index contributed by atoms with van der Waals surface area (Å²) in [4.78, 5) is 18.9. The molecule has 188 valence electrons. The maximum Gasteiger partial charge on any atom is 0.226 e. The molecule has 1 aliphatic heterocycles. The Labute approximate surface area is 230 Å². The molecule has 0 saturated carbocycles. The quantitative estimate of drug-likeness (QED) is 0.237. The maximum atomic E-state index is 12.3. The third-order valence-electron chi connectivity index (χ3n) is 6.42. The summed E-state index contributed by atoms with van der Waals surface area (Å²) in [6, 6.07) is 23.4. The van der Waals surface area contributed by atoms with Crippen molar-refractivity contribution in [3.63, 3.8) is 0 Å². The molecule has 8 heteroatoms. The standard InChI is InChI=1S/C29H27BrN4O2S/c1-17(2)28(35)32-22-12-11-21(16-18(22)3)34-27(26(33-29(34)37)23-6-4-5-15-31-23)25-14-13-24(36-25)19-7-9-20(30)10-8-19/h4-17,26-27H,1-3H3,(H,32,35)(H,33,37)/t26-,27-/m0/s1. The zero-order valence-corrected chi connectivity index (χ0v) is 23.1. The van der Waals surface area contributed by atoms with Crippen molar-refractivity contribution in [2.24, 2.45) is 5.92 Å². The first-order chi connectivity index (χ1) is 17.8. The molecule has 1 amide bonds. The van der Waals surface area contributed by atoms with Crippen molar-refractivity contribution in [3.8, 4) is 11.3 Å². The van der Waals surface area contributed by atoms with Crippen LogP contribution in [0.15, 0.2) is 87.9 Å². The van der Waals surface area contributed by atoms with E-state index < -0.39 is 0 Å². The number of hydrogen-bond donors (Lipinski definition) is 2. The third-order valence-corrected chi connectivity index (χ3v) is 7.26. The van der Waals surface area contributed by atoms with Gasteiger partial charge in [-0.05, 0) is 79.3 Å². The van der Waals surface area contributed by atoms with Crippen LogP contribution in [0.5, 0.6) is 0 Å². The van der Waals surface area contributed by atoms with Gasteiger partial charge in [0.25, 0.3) is 0 Å². The number of aromatic nitrogens is 1. The Morgan fingerprint density at radius 1 is 1.11 bits per heavy atom. The number of carbonyl (C=O) groups is 1. The topological polar surface area (TPSA) is 70.4 Å². The molecule has 0 unspecified atom stereocenters. The predicted octanol–water partition coefficient (Wildman–Crippen LogP) is 7.18. The van der Waals surface area contributed by atoms with Crippen LogP contribution in [0.1, 0.15) is 42.9 Å². The Hall–Kier alpha value is -3.49. The van der Waals surface area contributed by atoms with E-state index in [9.17, 15) is 4.79 Å². The van der Waals surface area contributed by atoms with Gasteiger partial charge in [0.1, 0.15) is 17.6 Å². The largest absolute Gasteiger partial charge is 0.459 e. The summed E-state index contributed by atoms with van der Waals surface area (Å²) in [5.74, 6) is 1.44. The lowest BCUT2D eigenvalue weighted by molar-refractivity contribution is -0.118. The van der Waals surface area contributed by atoms with Crippen molar-refractivity contribution in [2.75, 3.05) is 10.2 Å². The van der Waals surface area contributed by atoms with E-state index in [1.165, 1.54) is 0 Å². The van der Waals surface area contributed by atoms with Gasteiger partial charge in [0, 0.05) is 33.5 Å². The smallest absolute Gasteiger partial charge is 0.226 e. The van der Waals surface area contributed by atoms with Crippen molar-refractivity contribution in [2.45, 2.75) is 32.9 Å². The summed E-state index contributed by atoms with van der Waals surface area (Å²) in [7, 11) is 0. The van der Waals surface area contributed by atoms with E-state index in [0.29, 0.717) is 5.11 Å². The monoisotopic (exact) mass is 574 g/mol. The lowest BCUT2D eigenvalue weighted by Crippen LogP contribution is -2.29. The third kappa shape index (κ3) is 5.17. The molecule has 1 aliphatic rings. The van der Waals surface area contributed by atoms with Gasteiger partial charge in [0.2, 0.25) is 5.91 Å². The number of hydrogen-bond acceptors (Lipinski definition) is 4. The van der Waals surface area contributed by atoms with Crippen LogP contribution in [0.25, 0.3) is 11.3 Å². The number of amides is 1. The summed E-state index contributed by atoms with van der Waals surface area (Å²) in [6.45, 7) is 5.74. The molecule has 1 saturated heterocycles. The molecule has 0 aliphatic carbocycles. The fourth-order valence-electron chi connectivity index (χ4n) is 4.42. The average Bonchev–Trinajstić information content (AvgIpc) is 3.51. The number of nitrogens with one attached hydrogen (secondary N) is 2. The van der Waals surface area contributed by atoms with Gasteiger partial charge in [-0.1, -0.05) is 48.0 Å². The molecule has 3 heterocycles. The number of thiocarbonyl (C=S) groups is 1. The fraction of sp³-hybridized carbons (Fsp3) is 0.207. The summed E-state index contributed by atoms with van der Waals surface area (Å²) >= 11 is 9.33. The molecular formula is C29H27BrN4O2S. The number of anilines is 2. The lowest BCUT2D eigenvalue weighted by Gasteiger charge is -2.27. The highest BCUT2D eigenvalue weighted by molar-refractivity contribution is 9.10. The van der Waals surface area contributed by atoms with Gasteiger partial charge in [-0.3, -0.25) is 9.78 Å². The number of furan rings is 1. The van der Waals surface area contributed by atoms with E-state index in [2.05, 4.69) is 36.4 Å². The Balaban J connectivity index is 1.54. The molecule has 0 radical (unpaired) electrons. The highest BCUT2D eigenvalue weighted by atomic mass is 79.9. The normalized spacial score (nSPS) is 17.2. The first-order valence-corrected chi connectivity index (χ1v) is 13.3. The molecule has 6 nitrogen and oxygen atoms in total. The Morgan fingerprint density at radius 3 is 2.57 bits per heavy atom. The number of nitrogens with zero attached hydrogens (tertiary/aromatic N) is 2. The number of carbonyl (C=O) groups excluding carboxylic acids is 1. The summed E-state index contributed by atoms with van der Waals surface area (Å²) in [5.41, 5.74) is 4.50. The van der Waals surface area contributed by atoms with Crippen LogP contribution in [0, 0.1) is 12.8 Å². The van der Waals surface area contributed by atoms with E-state index in [1.54, 1.807) is 6.20 Å². The minimum absolute atomic E-state index is 0.0154. The van der Waals surface area contributed by atoms with Crippen LogP contribution in [0.3, 0.4) is 0 Å². The first-order valence-electron chi connectivity index (χ1n) is 12.1. The molecule has 2 aromatic heterocycles. The minimum Gasteiger partial charge on any atom is -0.459 e. The number of pyridine rings is 1. The van der Waals surface area contributed by atoms with Gasteiger partial charge in [-0.25, -0.2) is 0 Å². The Bertz CT molecular complexity index is 1440. The molecule has 0 bridgehead atoms. The molecule has 0 spiro atoms. The van der Waals surface area contributed by atoms with Crippen molar-refractivity contribution >= 4 is 50.5 Å². The molecule has 2 N–H and O–H groups in total.